The van der Waals surface area contributed by atoms with Gasteiger partial charge in [-0.1, -0.05) is 13.8 Å². The van der Waals surface area contributed by atoms with Crippen LogP contribution in [-0.4, -0.2) is 31.2 Å². The predicted molar refractivity (Wildman–Crippen MR) is 80.2 cm³/mol. The van der Waals surface area contributed by atoms with Gasteiger partial charge in [0.15, 0.2) is 4.90 Å². The van der Waals surface area contributed by atoms with Crippen LogP contribution < -0.4 is 11.3 Å². The number of hydrazine groups is 1. The number of nitrogen functional groups attached to an aromatic ring is 1. The molecule has 3 N–H and O–H groups in total. The van der Waals surface area contributed by atoms with Gasteiger partial charge < -0.3 is 5.43 Å². The second kappa shape index (κ2) is 6.83. The van der Waals surface area contributed by atoms with Crippen LogP contribution >= 0.6 is 0 Å². The van der Waals surface area contributed by atoms with E-state index in [0.29, 0.717) is 18.9 Å². The highest BCUT2D eigenvalue weighted by Gasteiger charge is 2.29. The number of nitro groups is 1. The van der Waals surface area contributed by atoms with Crippen LogP contribution in [0, 0.1) is 16.0 Å². The molecule has 0 aromatic heterocycles. The molecule has 0 amide bonds. The molecule has 0 aliphatic carbocycles. The zero-order valence-electron chi connectivity index (χ0n) is 12.2. The minimum atomic E-state index is -3.91. The summed E-state index contributed by atoms with van der Waals surface area (Å²) in [5.74, 6) is 5.52. The number of nitro benzene ring substituents is 1. The summed E-state index contributed by atoms with van der Waals surface area (Å²) in [5, 5.41) is 11.1. The third-order valence-corrected chi connectivity index (χ3v) is 4.94. The van der Waals surface area contributed by atoms with Crippen molar-refractivity contribution in [1.82, 2.24) is 4.31 Å². The standard InChI is InChI=1S/C12H20N4O4S/c1-9(2)6-7-15(3)21(19,20)12-5-4-10(14-13)8-11(12)16(17)18/h4-5,8-9,14H,6-7,13H2,1-3H3. The summed E-state index contributed by atoms with van der Waals surface area (Å²) in [6.45, 7) is 4.25. The van der Waals surface area contributed by atoms with Crippen molar-refractivity contribution in [2.45, 2.75) is 25.2 Å². The third-order valence-electron chi connectivity index (χ3n) is 3.03. The maximum absolute atomic E-state index is 12.4. The maximum Gasteiger partial charge on any atom is 0.291 e. The summed E-state index contributed by atoms with van der Waals surface area (Å²) < 4.78 is 26.0. The molecule has 0 aliphatic rings. The first-order chi connectivity index (χ1) is 9.70. The molecule has 1 aromatic carbocycles. The van der Waals surface area contributed by atoms with E-state index in [1.165, 1.54) is 19.2 Å². The number of anilines is 1. The Hall–Kier alpha value is -1.71. The van der Waals surface area contributed by atoms with Crippen molar-refractivity contribution in [2.75, 3.05) is 19.0 Å². The molecule has 0 spiro atoms. The van der Waals surface area contributed by atoms with E-state index in [4.69, 9.17) is 5.84 Å². The molecule has 21 heavy (non-hydrogen) atoms. The average molecular weight is 316 g/mol. The van der Waals surface area contributed by atoms with E-state index in [0.717, 1.165) is 10.4 Å². The first kappa shape index (κ1) is 17.3. The molecule has 0 saturated carbocycles. The summed E-state index contributed by atoms with van der Waals surface area (Å²) in [6, 6.07) is 3.67. The lowest BCUT2D eigenvalue weighted by molar-refractivity contribution is -0.387. The number of nitrogens with zero attached hydrogens (tertiary/aromatic N) is 2. The Morgan fingerprint density at radius 3 is 2.52 bits per heavy atom. The van der Waals surface area contributed by atoms with Crippen molar-refractivity contribution in [2.24, 2.45) is 11.8 Å². The van der Waals surface area contributed by atoms with Crippen LogP contribution in [0.3, 0.4) is 0 Å². The van der Waals surface area contributed by atoms with E-state index in [9.17, 15) is 18.5 Å². The summed E-state index contributed by atoms with van der Waals surface area (Å²) in [5.41, 5.74) is 2.03. The lowest BCUT2D eigenvalue weighted by Crippen LogP contribution is -2.29. The van der Waals surface area contributed by atoms with Crippen LogP contribution in [0.2, 0.25) is 0 Å². The van der Waals surface area contributed by atoms with Crippen molar-refractivity contribution in [1.29, 1.82) is 0 Å². The largest absolute Gasteiger partial charge is 0.324 e. The molecule has 1 rings (SSSR count). The van der Waals surface area contributed by atoms with Gasteiger partial charge >= 0.3 is 0 Å². The molecule has 0 radical (unpaired) electrons. The molecular weight excluding hydrogens is 296 g/mol. The zero-order chi connectivity index (χ0) is 16.2. The Balaban J connectivity index is 3.21. The lowest BCUT2D eigenvalue weighted by Gasteiger charge is -2.18. The second-order valence-corrected chi connectivity index (χ2v) is 7.11. The van der Waals surface area contributed by atoms with E-state index in [-0.39, 0.29) is 10.6 Å². The minimum absolute atomic E-state index is 0.269. The molecule has 0 fully saturated rings. The molecule has 1 aromatic rings. The maximum atomic E-state index is 12.4. The molecule has 0 bridgehead atoms. The first-order valence-electron chi connectivity index (χ1n) is 6.41. The Bertz CT molecular complexity index is 616. The molecular formula is C12H20N4O4S. The zero-order valence-corrected chi connectivity index (χ0v) is 13.1. The molecule has 0 heterocycles. The van der Waals surface area contributed by atoms with E-state index >= 15 is 0 Å². The van der Waals surface area contributed by atoms with Crippen molar-refractivity contribution < 1.29 is 13.3 Å². The van der Waals surface area contributed by atoms with E-state index < -0.39 is 20.6 Å². The van der Waals surface area contributed by atoms with E-state index in [1.807, 2.05) is 13.8 Å². The molecule has 0 atom stereocenters. The normalized spacial score (nSPS) is 11.9. The smallest absolute Gasteiger partial charge is 0.291 e. The molecule has 8 nitrogen and oxygen atoms in total. The quantitative estimate of drug-likeness (QED) is 0.447. The molecule has 0 aliphatic heterocycles. The number of nitrogens with two attached hydrogens (primary N) is 1. The van der Waals surface area contributed by atoms with E-state index in [1.54, 1.807) is 0 Å². The van der Waals surface area contributed by atoms with Gasteiger partial charge in [-0.3, -0.25) is 16.0 Å². The van der Waals surface area contributed by atoms with Gasteiger partial charge in [-0.05, 0) is 24.5 Å². The topological polar surface area (TPSA) is 119 Å². The summed E-state index contributed by atoms with van der Waals surface area (Å²) in [4.78, 5) is 10.0. The number of benzene rings is 1. The van der Waals surface area contributed by atoms with Crippen LogP contribution in [0.25, 0.3) is 0 Å². The monoisotopic (exact) mass is 316 g/mol. The van der Waals surface area contributed by atoms with Crippen LogP contribution in [0.5, 0.6) is 0 Å². The van der Waals surface area contributed by atoms with Crippen LogP contribution in [0.4, 0.5) is 11.4 Å². The average Bonchev–Trinajstić information content (AvgIpc) is 2.43. The third kappa shape index (κ3) is 4.13. The molecule has 9 heteroatoms. The number of hydrogen-bond acceptors (Lipinski definition) is 6. The van der Waals surface area contributed by atoms with Crippen LogP contribution in [-0.2, 0) is 10.0 Å². The van der Waals surface area contributed by atoms with Crippen molar-refractivity contribution in [3.8, 4) is 0 Å². The molecule has 118 valence electrons. The highest BCUT2D eigenvalue weighted by Crippen LogP contribution is 2.29. The highest BCUT2D eigenvalue weighted by molar-refractivity contribution is 7.89. The fourth-order valence-corrected chi connectivity index (χ4v) is 3.02. The van der Waals surface area contributed by atoms with Crippen molar-refractivity contribution in [3.05, 3.63) is 28.3 Å². The van der Waals surface area contributed by atoms with Gasteiger partial charge in [0.2, 0.25) is 10.0 Å². The van der Waals surface area contributed by atoms with Crippen molar-refractivity contribution >= 4 is 21.4 Å². The SMILES string of the molecule is CC(C)CCN(C)S(=O)(=O)c1ccc(NN)cc1[N+](=O)[O-]. The van der Waals surface area contributed by atoms with Crippen LogP contribution in [0.15, 0.2) is 23.1 Å². The Kier molecular flexibility index (Phi) is 5.64. The number of hydrogen-bond donors (Lipinski definition) is 2. The summed E-state index contributed by atoms with van der Waals surface area (Å²) in [7, 11) is -2.50. The Morgan fingerprint density at radius 2 is 2.05 bits per heavy atom. The predicted octanol–water partition coefficient (Wildman–Crippen LogP) is 1.55. The van der Waals surface area contributed by atoms with Crippen molar-refractivity contribution in [3.63, 3.8) is 0 Å². The second-order valence-electron chi connectivity index (χ2n) is 5.09. The van der Waals surface area contributed by atoms with Gasteiger partial charge in [-0.15, -0.1) is 0 Å². The van der Waals surface area contributed by atoms with Gasteiger partial charge in [-0.25, -0.2) is 12.7 Å². The number of sulfonamides is 1. The van der Waals surface area contributed by atoms with Crippen LogP contribution in [0.1, 0.15) is 20.3 Å². The molecule has 0 unspecified atom stereocenters. The lowest BCUT2D eigenvalue weighted by atomic mass is 10.1. The highest BCUT2D eigenvalue weighted by atomic mass is 32.2. The minimum Gasteiger partial charge on any atom is -0.324 e. The fraction of sp³-hybridized carbons (Fsp3) is 0.500. The van der Waals surface area contributed by atoms with Gasteiger partial charge in [-0.2, -0.15) is 0 Å². The van der Waals surface area contributed by atoms with Gasteiger partial charge in [0.25, 0.3) is 5.69 Å². The Labute approximate surface area is 124 Å². The van der Waals surface area contributed by atoms with Gasteiger partial charge in [0.05, 0.1) is 10.6 Å². The van der Waals surface area contributed by atoms with Gasteiger partial charge in [0, 0.05) is 19.7 Å². The molecule has 0 saturated heterocycles. The fourth-order valence-electron chi connectivity index (χ4n) is 1.70. The first-order valence-corrected chi connectivity index (χ1v) is 7.85. The van der Waals surface area contributed by atoms with Gasteiger partial charge in [0.1, 0.15) is 0 Å². The number of nitrogens with one attached hydrogen (secondary N) is 1. The summed E-state index contributed by atoms with van der Waals surface area (Å²) in [6.07, 6.45) is 0.673. The summed E-state index contributed by atoms with van der Waals surface area (Å²) >= 11 is 0. The Morgan fingerprint density at radius 1 is 1.43 bits per heavy atom. The number of rotatable bonds is 7. The van der Waals surface area contributed by atoms with E-state index in [2.05, 4.69) is 5.43 Å².